The third-order valence-electron chi connectivity index (χ3n) is 3.46. The van der Waals surface area contributed by atoms with Crippen LogP contribution < -0.4 is 5.73 Å². The maximum Gasteiger partial charge on any atom is 0.189 e. The molecule has 2 aromatic carbocycles. The summed E-state index contributed by atoms with van der Waals surface area (Å²) in [5.41, 5.74) is 7.56. The molecule has 0 radical (unpaired) electrons. The van der Waals surface area contributed by atoms with Crippen molar-refractivity contribution in [1.29, 1.82) is 5.26 Å². The Labute approximate surface area is 134 Å². The number of thiophene rings is 1. The monoisotopic (exact) mass is 328 g/mol. The highest BCUT2D eigenvalue weighted by Gasteiger charge is 2.19. The number of nitrogens with two attached hydrogens (primary N) is 1. The molecule has 0 fully saturated rings. The highest BCUT2D eigenvalue weighted by molar-refractivity contribution is 7.14. The fourth-order valence-corrected chi connectivity index (χ4v) is 3.13. The van der Waals surface area contributed by atoms with Crippen LogP contribution in [0.25, 0.3) is 21.6 Å². The first-order valence-electron chi connectivity index (χ1n) is 6.57. The fraction of sp³-hybridized carbons (Fsp3) is 0. The summed E-state index contributed by atoms with van der Waals surface area (Å²) < 4.78 is 27.4. The molecule has 0 bridgehead atoms. The quantitative estimate of drug-likeness (QED) is 0.726. The van der Waals surface area contributed by atoms with Crippen molar-refractivity contribution in [3.8, 4) is 33.4 Å². The number of aromatic hydroxyl groups is 1. The van der Waals surface area contributed by atoms with Crippen LogP contribution in [-0.4, -0.2) is 5.11 Å². The van der Waals surface area contributed by atoms with Gasteiger partial charge >= 0.3 is 0 Å². The molecular formula is C17H10F2N2OS. The van der Waals surface area contributed by atoms with Crippen LogP contribution in [0.1, 0.15) is 5.56 Å². The summed E-state index contributed by atoms with van der Waals surface area (Å²) in [5.74, 6) is -3.51. The Morgan fingerprint density at radius 1 is 1.09 bits per heavy atom. The highest BCUT2D eigenvalue weighted by atomic mass is 32.1. The van der Waals surface area contributed by atoms with Gasteiger partial charge in [0.2, 0.25) is 0 Å². The number of halogens is 2. The Hall–Kier alpha value is -2.91. The number of nitrogen functional groups attached to an aromatic ring is 1. The number of hydrogen-bond donors (Lipinski definition) is 2. The fourth-order valence-electron chi connectivity index (χ4n) is 2.30. The van der Waals surface area contributed by atoms with Gasteiger partial charge < -0.3 is 10.8 Å². The first-order valence-corrected chi connectivity index (χ1v) is 7.45. The van der Waals surface area contributed by atoms with Crippen molar-refractivity contribution in [3.05, 3.63) is 59.0 Å². The van der Waals surface area contributed by atoms with E-state index >= 15 is 0 Å². The molecule has 6 heteroatoms. The van der Waals surface area contributed by atoms with Crippen LogP contribution in [0.3, 0.4) is 0 Å². The lowest BCUT2D eigenvalue weighted by molar-refractivity contribution is 0.396. The van der Waals surface area contributed by atoms with Gasteiger partial charge in [0.25, 0.3) is 0 Å². The molecule has 3 N–H and O–H groups in total. The van der Waals surface area contributed by atoms with Crippen LogP contribution in [0, 0.1) is 23.0 Å². The Morgan fingerprint density at radius 3 is 2.30 bits per heavy atom. The topological polar surface area (TPSA) is 70.0 Å². The van der Waals surface area contributed by atoms with E-state index in [1.54, 1.807) is 36.4 Å². The smallest absolute Gasteiger partial charge is 0.189 e. The maximum atomic E-state index is 13.8. The zero-order valence-corrected chi connectivity index (χ0v) is 12.5. The number of nitrogens with zero attached hydrogens (tertiary/aromatic N) is 1. The summed E-state index contributed by atoms with van der Waals surface area (Å²) in [6.45, 7) is 0. The zero-order chi connectivity index (χ0) is 16.6. The molecule has 0 atom stereocenters. The molecule has 0 amide bonds. The molecule has 0 saturated carbocycles. The Morgan fingerprint density at radius 2 is 1.74 bits per heavy atom. The summed E-state index contributed by atoms with van der Waals surface area (Å²) in [7, 11) is 0. The van der Waals surface area contributed by atoms with E-state index in [4.69, 9.17) is 11.0 Å². The SMILES string of the molecule is N#Cc1c(-c2ccc(-c3sccc3N)cc2)cc(F)c(O)c1F. The summed E-state index contributed by atoms with van der Waals surface area (Å²) in [4.78, 5) is 0.903. The molecule has 23 heavy (non-hydrogen) atoms. The van der Waals surface area contributed by atoms with Gasteiger partial charge in [0.1, 0.15) is 6.07 Å². The van der Waals surface area contributed by atoms with Crippen LogP contribution >= 0.6 is 11.3 Å². The van der Waals surface area contributed by atoms with Crippen LogP contribution in [0.2, 0.25) is 0 Å². The average Bonchev–Trinajstić information content (AvgIpc) is 2.98. The minimum absolute atomic E-state index is 0.0889. The zero-order valence-electron chi connectivity index (χ0n) is 11.7. The Bertz CT molecular complexity index is 927. The lowest BCUT2D eigenvalue weighted by Crippen LogP contribution is -1.94. The molecule has 0 spiro atoms. The van der Waals surface area contributed by atoms with E-state index in [1.165, 1.54) is 11.3 Å². The number of nitriles is 1. The summed E-state index contributed by atoms with van der Waals surface area (Å²) in [6.07, 6.45) is 0. The summed E-state index contributed by atoms with van der Waals surface area (Å²) >= 11 is 1.49. The molecule has 114 valence electrons. The molecule has 0 saturated heterocycles. The van der Waals surface area contributed by atoms with Gasteiger partial charge in [-0.05, 0) is 28.6 Å². The van der Waals surface area contributed by atoms with E-state index in [9.17, 15) is 13.9 Å². The molecule has 1 aromatic heterocycles. The predicted molar refractivity (Wildman–Crippen MR) is 85.9 cm³/mol. The van der Waals surface area contributed by atoms with Crippen molar-refractivity contribution in [3.63, 3.8) is 0 Å². The first-order chi connectivity index (χ1) is 11.0. The molecule has 3 aromatic rings. The van der Waals surface area contributed by atoms with E-state index in [-0.39, 0.29) is 5.56 Å². The lowest BCUT2D eigenvalue weighted by Gasteiger charge is -2.09. The molecular weight excluding hydrogens is 318 g/mol. The van der Waals surface area contributed by atoms with Crippen LogP contribution in [0.15, 0.2) is 41.8 Å². The largest absolute Gasteiger partial charge is 0.503 e. The van der Waals surface area contributed by atoms with E-state index in [1.807, 2.05) is 5.38 Å². The number of phenols is 1. The third kappa shape index (κ3) is 2.51. The number of anilines is 1. The van der Waals surface area contributed by atoms with Gasteiger partial charge in [-0.2, -0.15) is 5.26 Å². The minimum atomic E-state index is -1.26. The third-order valence-corrected chi connectivity index (χ3v) is 4.44. The van der Waals surface area contributed by atoms with Crippen LogP contribution in [-0.2, 0) is 0 Å². The molecule has 1 heterocycles. The van der Waals surface area contributed by atoms with Crippen molar-refractivity contribution >= 4 is 17.0 Å². The lowest BCUT2D eigenvalue weighted by atomic mass is 9.98. The van der Waals surface area contributed by atoms with Gasteiger partial charge in [0.05, 0.1) is 16.1 Å². The van der Waals surface area contributed by atoms with Gasteiger partial charge in [0, 0.05) is 5.56 Å². The molecule has 3 nitrogen and oxygen atoms in total. The van der Waals surface area contributed by atoms with E-state index < -0.39 is 22.9 Å². The van der Waals surface area contributed by atoms with Gasteiger partial charge in [-0.1, -0.05) is 24.3 Å². The van der Waals surface area contributed by atoms with Gasteiger partial charge in [-0.15, -0.1) is 11.3 Å². The second-order valence-corrected chi connectivity index (χ2v) is 5.75. The predicted octanol–water partition coefficient (Wildman–Crippen LogP) is 4.52. The number of hydrogen-bond acceptors (Lipinski definition) is 4. The second-order valence-electron chi connectivity index (χ2n) is 4.84. The number of benzene rings is 2. The molecule has 0 aliphatic heterocycles. The number of rotatable bonds is 2. The van der Waals surface area contributed by atoms with Crippen molar-refractivity contribution in [2.24, 2.45) is 0 Å². The van der Waals surface area contributed by atoms with Crippen molar-refractivity contribution in [2.75, 3.05) is 5.73 Å². The highest BCUT2D eigenvalue weighted by Crippen LogP contribution is 2.35. The van der Waals surface area contributed by atoms with E-state index in [0.717, 1.165) is 16.5 Å². The van der Waals surface area contributed by atoms with Crippen molar-refractivity contribution < 1.29 is 13.9 Å². The Balaban J connectivity index is 2.11. The summed E-state index contributed by atoms with van der Waals surface area (Å²) in [6, 6.07) is 11.2. The number of phenolic OH excluding ortho intramolecular Hbond substituents is 1. The molecule has 0 aliphatic rings. The normalized spacial score (nSPS) is 10.5. The molecule has 3 rings (SSSR count). The first kappa shape index (κ1) is 15.0. The van der Waals surface area contributed by atoms with E-state index in [2.05, 4.69) is 0 Å². The Kier molecular flexibility index (Phi) is 3.72. The van der Waals surface area contributed by atoms with Gasteiger partial charge in [-0.3, -0.25) is 0 Å². The van der Waals surface area contributed by atoms with Crippen molar-refractivity contribution in [1.82, 2.24) is 0 Å². The standard InChI is InChI=1S/C17H10F2N2OS/c18-13-7-11(12(8-20)15(19)16(13)22)9-1-3-10(4-2-9)17-14(21)5-6-23-17/h1-7,22H,21H2. The van der Waals surface area contributed by atoms with Crippen LogP contribution in [0.4, 0.5) is 14.5 Å². The maximum absolute atomic E-state index is 13.8. The van der Waals surface area contributed by atoms with Gasteiger partial charge in [0.15, 0.2) is 17.4 Å². The minimum Gasteiger partial charge on any atom is -0.503 e. The second kappa shape index (κ2) is 5.71. The van der Waals surface area contributed by atoms with Gasteiger partial charge in [-0.25, -0.2) is 8.78 Å². The average molecular weight is 328 g/mol. The van der Waals surface area contributed by atoms with Crippen molar-refractivity contribution in [2.45, 2.75) is 0 Å². The molecule has 0 unspecified atom stereocenters. The summed E-state index contributed by atoms with van der Waals surface area (Å²) in [5, 5.41) is 20.2. The van der Waals surface area contributed by atoms with E-state index in [0.29, 0.717) is 11.3 Å². The molecule has 0 aliphatic carbocycles. The van der Waals surface area contributed by atoms with Crippen LogP contribution in [0.5, 0.6) is 5.75 Å².